The van der Waals surface area contributed by atoms with Crippen molar-refractivity contribution < 1.29 is 19.0 Å². The van der Waals surface area contributed by atoms with Gasteiger partial charge in [-0.15, -0.1) is 0 Å². The lowest BCUT2D eigenvalue weighted by atomic mass is 10.1. The summed E-state index contributed by atoms with van der Waals surface area (Å²) in [5.41, 5.74) is 3.22. The minimum Gasteiger partial charge on any atom is -0.489 e. The van der Waals surface area contributed by atoms with Crippen LogP contribution in [0.4, 0.5) is 5.69 Å². The molecule has 1 N–H and O–H groups in total. The first kappa shape index (κ1) is 17.6. The van der Waals surface area contributed by atoms with Crippen molar-refractivity contribution in [2.24, 2.45) is 0 Å². The number of hydrogen-bond donors (Lipinski definition) is 1. The van der Waals surface area contributed by atoms with Crippen LogP contribution in [0.1, 0.15) is 24.0 Å². The number of carbonyl (C=O) groups excluding carboxylic acids is 1. The van der Waals surface area contributed by atoms with Gasteiger partial charge in [0.1, 0.15) is 24.7 Å². The lowest BCUT2D eigenvalue weighted by Crippen LogP contribution is -2.22. The van der Waals surface area contributed by atoms with Crippen molar-refractivity contribution in [1.82, 2.24) is 0 Å². The van der Waals surface area contributed by atoms with E-state index in [4.69, 9.17) is 14.2 Å². The third kappa shape index (κ3) is 4.14. The summed E-state index contributed by atoms with van der Waals surface area (Å²) in [6.45, 7) is 3.53. The van der Waals surface area contributed by atoms with Crippen LogP contribution in [0, 0.1) is 6.92 Å². The molecule has 1 fully saturated rings. The molecule has 140 valence electrons. The van der Waals surface area contributed by atoms with Crippen molar-refractivity contribution in [3.05, 3.63) is 59.2 Å². The Kier molecular flexibility index (Phi) is 5.12. The van der Waals surface area contributed by atoms with E-state index in [0.717, 1.165) is 36.3 Å². The van der Waals surface area contributed by atoms with Gasteiger partial charge >= 0.3 is 0 Å². The average Bonchev–Trinajstić information content (AvgIpc) is 3.21. The largest absolute Gasteiger partial charge is 0.489 e. The molecule has 5 nitrogen and oxygen atoms in total. The number of amides is 1. The van der Waals surface area contributed by atoms with Crippen LogP contribution >= 0.6 is 0 Å². The second-order valence-electron chi connectivity index (χ2n) is 6.90. The molecular formula is C22H23NO4. The highest BCUT2D eigenvalue weighted by molar-refractivity contribution is 6.08. The van der Waals surface area contributed by atoms with Gasteiger partial charge in [0.05, 0.1) is 17.4 Å². The molecule has 2 aromatic carbocycles. The third-order valence-electron chi connectivity index (χ3n) is 4.76. The summed E-state index contributed by atoms with van der Waals surface area (Å²) in [4.78, 5) is 12.7. The van der Waals surface area contributed by atoms with Crippen molar-refractivity contribution in [2.45, 2.75) is 25.9 Å². The lowest BCUT2D eigenvalue weighted by Gasteiger charge is -2.19. The molecule has 0 spiro atoms. The van der Waals surface area contributed by atoms with Crippen LogP contribution in [0.3, 0.4) is 0 Å². The number of aryl methyl sites for hydroxylation is 1. The predicted molar refractivity (Wildman–Crippen MR) is 104 cm³/mol. The minimum atomic E-state index is -0.185. The summed E-state index contributed by atoms with van der Waals surface area (Å²) in [6, 6.07) is 13.4. The number of fused-ring (bicyclic) bond motifs is 1. The Morgan fingerprint density at radius 3 is 3.00 bits per heavy atom. The number of para-hydroxylation sites is 1. The molecule has 2 aliphatic heterocycles. The second-order valence-corrected chi connectivity index (χ2v) is 6.90. The Hall–Kier alpha value is -2.79. The molecule has 4 rings (SSSR count). The molecule has 1 amide bonds. The topological polar surface area (TPSA) is 56.8 Å². The molecule has 0 aromatic heterocycles. The zero-order chi connectivity index (χ0) is 18.6. The Labute approximate surface area is 158 Å². The normalized spacial score (nSPS) is 18.3. The van der Waals surface area contributed by atoms with E-state index >= 15 is 0 Å². The van der Waals surface area contributed by atoms with Gasteiger partial charge in [0.15, 0.2) is 0 Å². The maximum Gasteiger partial charge on any atom is 0.255 e. The molecular weight excluding hydrogens is 342 g/mol. The van der Waals surface area contributed by atoms with E-state index in [9.17, 15) is 4.79 Å². The van der Waals surface area contributed by atoms with Gasteiger partial charge in [-0.1, -0.05) is 24.3 Å². The predicted octanol–water partition coefficient (Wildman–Crippen LogP) is 3.97. The standard InChI is InChI=1S/C22H23NO4/c1-15-8-9-19(21(11-15)27-14-18-6-4-10-25-18)23-22(24)17-12-16-5-2-3-7-20(16)26-13-17/h2-3,5,7-9,11-12,18H,4,6,10,13-14H2,1H3,(H,23,24)/t18-/m0/s1. The number of hydrogen-bond acceptors (Lipinski definition) is 4. The Morgan fingerprint density at radius 1 is 1.26 bits per heavy atom. The van der Waals surface area contributed by atoms with Gasteiger partial charge in [0, 0.05) is 12.2 Å². The summed E-state index contributed by atoms with van der Waals surface area (Å²) in [6.07, 6.45) is 4.08. The number of ether oxygens (including phenoxy) is 3. The fourth-order valence-corrected chi connectivity index (χ4v) is 3.26. The van der Waals surface area contributed by atoms with E-state index in [2.05, 4.69) is 5.32 Å². The van der Waals surface area contributed by atoms with Crippen LogP contribution in [0.2, 0.25) is 0 Å². The van der Waals surface area contributed by atoms with Crippen LogP contribution in [-0.2, 0) is 9.53 Å². The molecule has 2 heterocycles. The van der Waals surface area contributed by atoms with E-state index < -0.39 is 0 Å². The first-order chi connectivity index (χ1) is 13.2. The number of nitrogens with one attached hydrogen (secondary N) is 1. The van der Waals surface area contributed by atoms with Gasteiger partial charge in [0.25, 0.3) is 5.91 Å². The summed E-state index contributed by atoms with van der Waals surface area (Å²) in [7, 11) is 0. The van der Waals surface area contributed by atoms with Gasteiger partial charge in [-0.05, 0) is 49.6 Å². The van der Waals surface area contributed by atoms with Gasteiger partial charge in [-0.3, -0.25) is 4.79 Å². The smallest absolute Gasteiger partial charge is 0.255 e. The highest BCUT2D eigenvalue weighted by atomic mass is 16.5. The molecule has 2 aliphatic rings. The number of rotatable bonds is 5. The van der Waals surface area contributed by atoms with E-state index in [1.165, 1.54) is 0 Å². The SMILES string of the molecule is Cc1ccc(NC(=O)C2=Cc3ccccc3OC2)c(OC[C@@H]2CCCO2)c1. The first-order valence-corrected chi connectivity index (χ1v) is 9.28. The van der Waals surface area contributed by atoms with E-state index in [-0.39, 0.29) is 18.6 Å². The average molecular weight is 365 g/mol. The van der Waals surface area contributed by atoms with Crippen LogP contribution in [0.25, 0.3) is 6.08 Å². The van der Waals surface area contributed by atoms with Crippen molar-refractivity contribution in [2.75, 3.05) is 25.1 Å². The molecule has 0 saturated carbocycles. The zero-order valence-corrected chi connectivity index (χ0v) is 15.4. The second kappa shape index (κ2) is 7.84. The Balaban J connectivity index is 1.48. The molecule has 1 saturated heterocycles. The van der Waals surface area contributed by atoms with Crippen LogP contribution < -0.4 is 14.8 Å². The molecule has 27 heavy (non-hydrogen) atoms. The minimum absolute atomic E-state index is 0.125. The summed E-state index contributed by atoms with van der Waals surface area (Å²) >= 11 is 0. The van der Waals surface area contributed by atoms with Crippen LogP contribution in [0.5, 0.6) is 11.5 Å². The summed E-state index contributed by atoms with van der Waals surface area (Å²) in [5.74, 6) is 1.27. The maximum absolute atomic E-state index is 12.7. The molecule has 0 bridgehead atoms. The Morgan fingerprint density at radius 2 is 2.15 bits per heavy atom. The lowest BCUT2D eigenvalue weighted by molar-refractivity contribution is -0.113. The molecule has 1 atom stereocenters. The summed E-state index contributed by atoms with van der Waals surface area (Å²) in [5, 5.41) is 2.96. The fraction of sp³-hybridized carbons (Fsp3) is 0.318. The van der Waals surface area contributed by atoms with Crippen LogP contribution in [-0.4, -0.2) is 31.8 Å². The van der Waals surface area contributed by atoms with Gasteiger partial charge in [0.2, 0.25) is 0 Å². The number of carbonyl (C=O) groups is 1. The van der Waals surface area contributed by atoms with E-state index in [1.807, 2.05) is 55.5 Å². The van der Waals surface area contributed by atoms with Gasteiger partial charge < -0.3 is 19.5 Å². The molecule has 0 radical (unpaired) electrons. The maximum atomic E-state index is 12.7. The third-order valence-corrected chi connectivity index (χ3v) is 4.76. The first-order valence-electron chi connectivity index (χ1n) is 9.28. The van der Waals surface area contributed by atoms with Crippen molar-refractivity contribution in [3.8, 4) is 11.5 Å². The number of benzene rings is 2. The van der Waals surface area contributed by atoms with Crippen LogP contribution in [0.15, 0.2) is 48.0 Å². The highest BCUT2D eigenvalue weighted by Gasteiger charge is 2.20. The highest BCUT2D eigenvalue weighted by Crippen LogP contribution is 2.29. The Bertz CT molecular complexity index is 868. The zero-order valence-electron chi connectivity index (χ0n) is 15.4. The van der Waals surface area contributed by atoms with Crippen molar-refractivity contribution in [1.29, 1.82) is 0 Å². The number of anilines is 1. The molecule has 0 aliphatic carbocycles. The fourth-order valence-electron chi connectivity index (χ4n) is 3.26. The van der Waals surface area contributed by atoms with Crippen molar-refractivity contribution in [3.63, 3.8) is 0 Å². The van der Waals surface area contributed by atoms with Gasteiger partial charge in [-0.2, -0.15) is 0 Å². The molecule has 5 heteroatoms. The van der Waals surface area contributed by atoms with Gasteiger partial charge in [-0.25, -0.2) is 0 Å². The van der Waals surface area contributed by atoms with E-state index in [0.29, 0.717) is 23.6 Å². The summed E-state index contributed by atoms with van der Waals surface area (Å²) < 4.78 is 17.3. The van der Waals surface area contributed by atoms with E-state index in [1.54, 1.807) is 0 Å². The molecule has 0 unspecified atom stereocenters. The quantitative estimate of drug-likeness (QED) is 0.871. The molecule has 2 aromatic rings. The monoisotopic (exact) mass is 365 g/mol. The van der Waals surface area contributed by atoms with Crippen molar-refractivity contribution >= 4 is 17.7 Å².